The van der Waals surface area contributed by atoms with Crippen LogP contribution in [0.25, 0.3) is 0 Å². The molecular formula is C22H22O6. The fourth-order valence-electron chi connectivity index (χ4n) is 4.62. The van der Waals surface area contributed by atoms with Gasteiger partial charge in [-0.05, 0) is 49.1 Å². The van der Waals surface area contributed by atoms with Crippen LogP contribution in [0.5, 0.6) is 11.5 Å². The molecule has 0 spiro atoms. The van der Waals surface area contributed by atoms with Crippen LogP contribution >= 0.6 is 0 Å². The van der Waals surface area contributed by atoms with Crippen LogP contribution < -0.4 is 0 Å². The van der Waals surface area contributed by atoms with Gasteiger partial charge in [-0.3, -0.25) is 9.59 Å². The van der Waals surface area contributed by atoms with Crippen molar-refractivity contribution in [1.82, 2.24) is 0 Å². The second-order valence-corrected chi connectivity index (χ2v) is 7.82. The lowest BCUT2D eigenvalue weighted by Gasteiger charge is -2.33. The summed E-state index contributed by atoms with van der Waals surface area (Å²) >= 11 is 0. The number of hydrogen-bond acceptors (Lipinski definition) is 6. The maximum atomic E-state index is 12.7. The van der Waals surface area contributed by atoms with E-state index in [4.69, 9.17) is 0 Å². The largest absolute Gasteiger partial charge is 0.508 e. The molecule has 0 aromatic heterocycles. The van der Waals surface area contributed by atoms with Crippen molar-refractivity contribution < 1.29 is 30.0 Å². The molecule has 0 fully saturated rings. The van der Waals surface area contributed by atoms with Gasteiger partial charge in [0.2, 0.25) is 0 Å². The topological polar surface area (TPSA) is 115 Å². The number of aliphatic hydroxyl groups is 2. The quantitative estimate of drug-likeness (QED) is 0.602. The highest BCUT2D eigenvalue weighted by Crippen LogP contribution is 2.50. The molecule has 28 heavy (non-hydrogen) atoms. The molecule has 2 aliphatic rings. The summed E-state index contributed by atoms with van der Waals surface area (Å²) in [5.74, 6) is -1.76. The molecule has 0 heterocycles. The van der Waals surface area contributed by atoms with Gasteiger partial charge in [0.15, 0.2) is 11.6 Å². The van der Waals surface area contributed by atoms with Crippen LogP contribution in [0.4, 0.5) is 0 Å². The van der Waals surface area contributed by atoms with Crippen molar-refractivity contribution in [3.8, 4) is 11.5 Å². The van der Waals surface area contributed by atoms with E-state index >= 15 is 0 Å². The summed E-state index contributed by atoms with van der Waals surface area (Å²) in [7, 11) is 0. The highest BCUT2D eigenvalue weighted by molar-refractivity contribution is 6.03. The van der Waals surface area contributed by atoms with Gasteiger partial charge in [-0.15, -0.1) is 0 Å². The van der Waals surface area contributed by atoms with Crippen LogP contribution in [0.2, 0.25) is 0 Å². The Morgan fingerprint density at radius 1 is 0.964 bits per heavy atom. The number of phenols is 2. The first-order valence-corrected chi connectivity index (χ1v) is 9.33. The Morgan fingerprint density at radius 2 is 1.68 bits per heavy atom. The number of hydrogen-bond donors (Lipinski definition) is 4. The highest BCUT2D eigenvalue weighted by Gasteiger charge is 2.40. The van der Waals surface area contributed by atoms with Gasteiger partial charge in [0.25, 0.3) is 0 Å². The first-order chi connectivity index (χ1) is 13.2. The van der Waals surface area contributed by atoms with Gasteiger partial charge < -0.3 is 20.4 Å². The lowest BCUT2D eigenvalue weighted by atomic mass is 9.73. The van der Waals surface area contributed by atoms with Crippen molar-refractivity contribution in [2.45, 2.75) is 51.2 Å². The molecule has 0 saturated heterocycles. The van der Waals surface area contributed by atoms with E-state index in [0.29, 0.717) is 28.7 Å². The molecule has 3 atom stereocenters. The third-order valence-corrected chi connectivity index (χ3v) is 5.92. The number of benzene rings is 2. The smallest absolute Gasteiger partial charge is 0.167 e. The maximum Gasteiger partial charge on any atom is 0.167 e. The van der Waals surface area contributed by atoms with Crippen LogP contribution in [0.1, 0.15) is 85.9 Å². The van der Waals surface area contributed by atoms with Crippen LogP contribution in [0, 0.1) is 13.8 Å². The van der Waals surface area contributed by atoms with E-state index < -0.39 is 18.1 Å². The van der Waals surface area contributed by atoms with Crippen molar-refractivity contribution in [1.29, 1.82) is 0 Å². The molecule has 6 nitrogen and oxygen atoms in total. The first-order valence-electron chi connectivity index (χ1n) is 9.33. The lowest BCUT2D eigenvalue weighted by Crippen LogP contribution is -2.26. The molecule has 0 radical (unpaired) electrons. The van der Waals surface area contributed by atoms with Gasteiger partial charge in [-0.2, -0.15) is 0 Å². The predicted molar refractivity (Wildman–Crippen MR) is 101 cm³/mol. The maximum absolute atomic E-state index is 12.7. The first kappa shape index (κ1) is 18.7. The third kappa shape index (κ3) is 2.64. The highest BCUT2D eigenvalue weighted by atomic mass is 16.3. The Bertz CT molecular complexity index is 1020. The summed E-state index contributed by atoms with van der Waals surface area (Å²) in [4.78, 5) is 25.1. The monoisotopic (exact) mass is 382 g/mol. The minimum absolute atomic E-state index is 0.0546. The number of Topliss-reactive ketones (excluding diaryl/α,β-unsaturated/α-hetero) is 2. The average molecular weight is 382 g/mol. The molecule has 4 rings (SSSR count). The number of phenolic OH excluding ortho intramolecular Hbond substituents is 2. The normalized spacial score (nSPS) is 24.1. The van der Waals surface area contributed by atoms with Gasteiger partial charge in [-0.1, -0.05) is 6.07 Å². The minimum atomic E-state index is -1.21. The molecule has 6 heteroatoms. The average Bonchev–Trinajstić information content (AvgIpc) is 2.61. The zero-order valence-electron chi connectivity index (χ0n) is 15.7. The molecule has 2 aromatic rings. The van der Waals surface area contributed by atoms with Gasteiger partial charge in [0, 0.05) is 35.4 Å². The summed E-state index contributed by atoms with van der Waals surface area (Å²) in [6, 6.07) is 4.77. The SMILES string of the molecule is Cc1cc(O)c2c(c1)C(=O)C[C@H](c1c(C)cc3c(c1O)C(=O)CC[C@H]3O)[C@@H]2O. The van der Waals surface area contributed by atoms with E-state index in [1.807, 2.05) is 0 Å². The number of carbonyl (C=O) groups excluding carboxylic acids is 2. The molecule has 4 N–H and O–H groups in total. The van der Waals surface area contributed by atoms with Crippen molar-refractivity contribution in [2.24, 2.45) is 0 Å². The summed E-state index contributed by atoms with van der Waals surface area (Å²) in [6.07, 6.45) is -1.67. The summed E-state index contributed by atoms with van der Waals surface area (Å²) in [5, 5.41) is 42.4. The molecular weight excluding hydrogens is 360 g/mol. The predicted octanol–water partition coefficient (Wildman–Crippen LogP) is 3.13. The Balaban J connectivity index is 1.90. The number of rotatable bonds is 1. The molecule has 146 valence electrons. The number of ketones is 2. The number of aryl methyl sites for hydroxylation is 2. The molecule has 0 unspecified atom stereocenters. The molecule has 2 aromatic carbocycles. The fraction of sp³-hybridized carbons (Fsp3) is 0.364. The fourth-order valence-corrected chi connectivity index (χ4v) is 4.62. The third-order valence-electron chi connectivity index (χ3n) is 5.92. The summed E-state index contributed by atoms with van der Waals surface area (Å²) < 4.78 is 0. The lowest BCUT2D eigenvalue weighted by molar-refractivity contribution is 0.0831. The van der Waals surface area contributed by atoms with E-state index in [9.17, 15) is 30.0 Å². The summed E-state index contributed by atoms with van der Waals surface area (Å²) in [5.41, 5.74) is 2.48. The van der Waals surface area contributed by atoms with Gasteiger partial charge in [0.05, 0.1) is 17.8 Å². The number of aliphatic hydroxyl groups excluding tert-OH is 2. The summed E-state index contributed by atoms with van der Waals surface area (Å²) in [6.45, 7) is 3.46. The molecule has 0 amide bonds. The van der Waals surface area contributed by atoms with Crippen molar-refractivity contribution in [2.75, 3.05) is 0 Å². The van der Waals surface area contributed by atoms with Crippen LogP contribution in [0.15, 0.2) is 18.2 Å². The zero-order valence-corrected chi connectivity index (χ0v) is 15.7. The molecule has 0 saturated carbocycles. The zero-order chi connectivity index (χ0) is 20.3. The van der Waals surface area contributed by atoms with Crippen LogP contribution in [-0.2, 0) is 0 Å². The Kier molecular flexibility index (Phi) is 4.28. The molecule has 0 aliphatic heterocycles. The standard InChI is InChI=1S/C22H22O6/c1-9-5-11-16(25)8-13(21(27)20(11)17(26)6-9)18-10(2)7-12-14(23)3-4-15(24)19(12)22(18)28/h5-7,13-14,21,23,26-28H,3-4,8H2,1-2H3/t13-,14-,21+/m1/s1. The second-order valence-electron chi connectivity index (χ2n) is 7.82. The van der Waals surface area contributed by atoms with E-state index in [1.165, 1.54) is 6.07 Å². The Morgan fingerprint density at radius 3 is 2.39 bits per heavy atom. The number of fused-ring (bicyclic) bond motifs is 2. The minimum Gasteiger partial charge on any atom is -0.508 e. The van der Waals surface area contributed by atoms with Crippen molar-refractivity contribution in [3.63, 3.8) is 0 Å². The van der Waals surface area contributed by atoms with Crippen LogP contribution in [-0.4, -0.2) is 32.0 Å². The van der Waals surface area contributed by atoms with E-state index in [0.717, 1.165) is 0 Å². The van der Waals surface area contributed by atoms with E-state index in [-0.39, 0.29) is 52.6 Å². The van der Waals surface area contributed by atoms with E-state index in [2.05, 4.69) is 0 Å². The molecule has 2 aliphatic carbocycles. The number of aromatic hydroxyl groups is 2. The second kappa shape index (κ2) is 6.43. The van der Waals surface area contributed by atoms with Gasteiger partial charge in [0.1, 0.15) is 11.5 Å². The Hall–Kier alpha value is -2.70. The van der Waals surface area contributed by atoms with E-state index in [1.54, 1.807) is 26.0 Å². The Labute approximate surface area is 162 Å². The number of carbonyl (C=O) groups is 2. The molecule has 0 bridgehead atoms. The van der Waals surface area contributed by atoms with Crippen molar-refractivity contribution in [3.05, 3.63) is 57.1 Å². The van der Waals surface area contributed by atoms with Crippen molar-refractivity contribution >= 4 is 11.6 Å². The van der Waals surface area contributed by atoms with Gasteiger partial charge in [-0.25, -0.2) is 0 Å². The van der Waals surface area contributed by atoms with Gasteiger partial charge >= 0.3 is 0 Å². The van der Waals surface area contributed by atoms with Crippen LogP contribution in [0.3, 0.4) is 0 Å².